The van der Waals surface area contributed by atoms with Crippen LogP contribution in [0.5, 0.6) is 11.5 Å². The third kappa shape index (κ3) is 3.90. The number of anilines is 1. The first-order valence-corrected chi connectivity index (χ1v) is 9.34. The summed E-state index contributed by atoms with van der Waals surface area (Å²) in [7, 11) is -3.72. The van der Waals surface area contributed by atoms with E-state index in [4.69, 9.17) is 14.9 Å². The molecule has 0 unspecified atom stereocenters. The number of nitrogens with two attached hydrogens (primary N) is 1. The molecule has 3 aromatic rings. The maximum absolute atomic E-state index is 13.9. The van der Waals surface area contributed by atoms with Gasteiger partial charge in [0.1, 0.15) is 17.4 Å². The standard InChI is InChI=1S/C17H13FN2O6S/c1-27(23,24)20-12-7-14-9(16(21)10(8-25-14)17(19)22)6-15(12)26-13-5-3-2-4-11(13)18/h2-8,20H,1H3,(H2,19,22). The summed E-state index contributed by atoms with van der Waals surface area (Å²) in [6.45, 7) is 0. The minimum absolute atomic E-state index is 0.0166. The number of fused-ring (bicyclic) bond motifs is 1. The number of ether oxygens (including phenoxy) is 1. The Balaban J connectivity index is 2.25. The fourth-order valence-electron chi connectivity index (χ4n) is 2.34. The van der Waals surface area contributed by atoms with Crippen molar-refractivity contribution in [2.24, 2.45) is 5.73 Å². The summed E-state index contributed by atoms with van der Waals surface area (Å²) in [6.07, 6.45) is 1.80. The van der Waals surface area contributed by atoms with Gasteiger partial charge in [0.05, 0.1) is 17.3 Å². The maximum atomic E-state index is 13.9. The van der Waals surface area contributed by atoms with E-state index in [0.717, 1.165) is 24.7 Å². The molecule has 3 rings (SSSR count). The second-order valence-corrected chi connectivity index (χ2v) is 7.34. The summed E-state index contributed by atoms with van der Waals surface area (Å²) in [6, 6.07) is 7.78. The minimum atomic E-state index is -3.72. The minimum Gasteiger partial charge on any atom is -0.463 e. The summed E-state index contributed by atoms with van der Waals surface area (Å²) in [5, 5.41) is -0.0864. The molecule has 0 aliphatic heterocycles. The van der Waals surface area contributed by atoms with E-state index in [2.05, 4.69) is 4.72 Å². The number of sulfonamides is 1. The van der Waals surface area contributed by atoms with Crippen molar-refractivity contribution < 1.29 is 26.8 Å². The van der Waals surface area contributed by atoms with Crippen molar-refractivity contribution in [3.05, 3.63) is 64.3 Å². The van der Waals surface area contributed by atoms with Crippen molar-refractivity contribution in [2.75, 3.05) is 11.0 Å². The highest BCUT2D eigenvalue weighted by Crippen LogP contribution is 2.34. The number of para-hydroxylation sites is 1. The largest absolute Gasteiger partial charge is 0.463 e. The monoisotopic (exact) mass is 392 g/mol. The molecule has 140 valence electrons. The Labute approximate surface area is 152 Å². The predicted molar refractivity (Wildman–Crippen MR) is 95.9 cm³/mol. The fraction of sp³-hybridized carbons (Fsp3) is 0.0588. The number of hydrogen-bond acceptors (Lipinski definition) is 6. The van der Waals surface area contributed by atoms with Crippen LogP contribution in [0, 0.1) is 5.82 Å². The van der Waals surface area contributed by atoms with Gasteiger partial charge in [-0.3, -0.25) is 14.3 Å². The van der Waals surface area contributed by atoms with Gasteiger partial charge < -0.3 is 14.9 Å². The third-order valence-corrected chi connectivity index (χ3v) is 4.08. The van der Waals surface area contributed by atoms with Crippen LogP contribution in [0.1, 0.15) is 10.4 Å². The van der Waals surface area contributed by atoms with Crippen LogP contribution in [0.2, 0.25) is 0 Å². The van der Waals surface area contributed by atoms with Crippen LogP contribution in [0.3, 0.4) is 0 Å². The van der Waals surface area contributed by atoms with Crippen molar-refractivity contribution in [3.63, 3.8) is 0 Å². The van der Waals surface area contributed by atoms with Gasteiger partial charge in [0.25, 0.3) is 5.91 Å². The lowest BCUT2D eigenvalue weighted by Crippen LogP contribution is -2.21. The number of rotatable bonds is 5. The number of hydrogen-bond donors (Lipinski definition) is 2. The zero-order valence-corrected chi connectivity index (χ0v) is 14.7. The lowest BCUT2D eigenvalue weighted by Gasteiger charge is -2.13. The first-order chi connectivity index (χ1) is 12.7. The van der Waals surface area contributed by atoms with Gasteiger partial charge in [-0.2, -0.15) is 0 Å². The Morgan fingerprint density at radius 1 is 1.22 bits per heavy atom. The number of carbonyl (C=O) groups excluding carboxylic acids is 1. The van der Waals surface area contributed by atoms with E-state index in [1.54, 1.807) is 0 Å². The van der Waals surface area contributed by atoms with Gasteiger partial charge >= 0.3 is 0 Å². The molecule has 0 spiro atoms. The van der Waals surface area contributed by atoms with Crippen LogP contribution in [-0.2, 0) is 10.0 Å². The Bertz CT molecular complexity index is 1220. The van der Waals surface area contributed by atoms with E-state index in [1.807, 2.05) is 0 Å². The van der Waals surface area contributed by atoms with Crippen molar-refractivity contribution >= 4 is 32.6 Å². The van der Waals surface area contributed by atoms with E-state index >= 15 is 0 Å². The second kappa shape index (κ2) is 6.72. The Kier molecular flexibility index (Phi) is 4.58. The molecule has 8 nitrogen and oxygen atoms in total. The van der Waals surface area contributed by atoms with Crippen molar-refractivity contribution in [2.45, 2.75) is 0 Å². The van der Waals surface area contributed by atoms with Crippen LogP contribution in [0.25, 0.3) is 11.0 Å². The Hall–Kier alpha value is -3.40. The van der Waals surface area contributed by atoms with Gasteiger partial charge in [0, 0.05) is 6.07 Å². The number of benzene rings is 2. The first-order valence-electron chi connectivity index (χ1n) is 7.45. The van der Waals surface area contributed by atoms with E-state index in [9.17, 15) is 22.4 Å². The third-order valence-electron chi connectivity index (χ3n) is 3.49. The molecular formula is C17H13FN2O6S. The average molecular weight is 392 g/mol. The number of nitrogens with one attached hydrogen (secondary N) is 1. The van der Waals surface area contributed by atoms with E-state index < -0.39 is 27.2 Å². The lowest BCUT2D eigenvalue weighted by molar-refractivity contribution is 0.0997. The molecule has 0 atom stereocenters. The maximum Gasteiger partial charge on any atom is 0.255 e. The molecule has 1 amide bonds. The first kappa shape index (κ1) is 18.4. The normalized spacial score (nSPS) is 11.3. The molecule has 1 heterocycles. The Morgan fingerprint density at radius 2 is 1.93 bits per heavy atom. The summed E-state index contributed by atoms with van der Waals surface area (Å²) in [4.78, 5) is 23.7. The summed E-state index contributed by atoms with van der Waals surface area (Å²) < 4.78 is 50.0. The van der Waals surface area contributed by atoms with Gasteiger partial charge in [-0.1, -0.05) is 12.1 Å². The molecule has 0 radical (unpaired) electrons. The lowest BCUT2D eigenvalue weighted by atomic mass is 10.1. The molecule has 10 heteroatoms. The molecule has 0 saturated carbocycles. The summed E-state index contributed by atoms with van der Waals surface area (Å²) >= 11 is 0. The molecule has 2 aromatic carbocycles. The number of amides is 1. The highest BCUT2D eigenvalue weighted by molar-refractivity contribution is 7.92. The molecule has 0 saturated heterocycles. The van der Waals surface area contributed by atoms with Crippen molar-refractivity contribution in [3.8, 4) is 11.5 Å². The van der Waals surface area contributed by atoms with Crippen LogP contribution in [0.15, 0.2) is 51.9 Å². The molecule has 0 aliphatic carbocycles. The predicted octanol–water partition coefficient (Wildman–Crippen LogP) is 2.19. The smallest absolute Gasteiger partial charge is 0.255 e. The molecule has 0 aliphatic rings. The van der Waals surface area contributed by atoms with E-state index in [1.165, 1.54) is 24.3 Å². The van der Waals surface area contributed by atoms with E-state index in [-0.39, 0.29) is 33.7 Å². The summed E-state index contributed by atoms with van der Waals surface area (Å²) in [5.41, 5.74) is 3.92. The highest BCUT2D eigenvalue weighted by Gasteiger charge is 2.18. The SMILES string of the molecule is CS(=O)(=O)Nc1cc2occ(C(N)=O)c(=O)c2cc1Oc1ccccc1F. The van der Waals surface area contributed by atoms with Crippen LogP contribution in [0.4, 0.5) is 10.1 Å². The summed E-state index contributed by atoms with van der Waals surface area (Å²) in [5.74, 6) is -2.03. The molecular weight excluding hydrogens is 379 g/mol. The number of halogens is 1. The second-order valence-electron chi connectivity index (χ2n) is 5.59. The van der Waals surface area contributed by atoms with Gasteiger partial charge in [0.2, 0.25) is 15.5 Å². The highest BCUT2D eigenvalue weighted by atomic mass is 32.2. The number of primary amides is 1. The molecule has 0 fully saturated rings. The average Bonchev–Trinajstić information content (AvgIpc) is 2.56. The zero-order valence-electron chi connectivity index (χ0n) is 13.9. The van der Waals surface area contributed by atoms with Crippen molar-refractivity contribution in [1.82, 2.24) is 0 Å². The van der Waals surface area contributed by atoms with Crippen LogP contribution in [-0.4, -0.2) is 20.6 Å². The molecule has 3 N–H and O–H groups in total. The van der Waals surface area contributed by atoms with Gasteiger partial charge in [-0.05, 0) is 18.2 Å². The van der Waals surface area contributed by atoms with Gasteiger partial charge in [0.15, 0.2) is 17.3 Å². The molecule has 1 aromatic heterocycles. The van der Waals surface area contributed by atoms with Crippen LogP contribution >= 0.6 is 0 Å². The number of carbonyl (C=O) groups is 1. The van der Waals surface area contributed by atoms with Crippen molar-refractivity contribution in [1.29, 1.82) is 0 Å². The van der Waals surface area contributed by atoms with Gasteiger partial charge in [-0.15, -0.1) is 0 Å². The van der Waals surface area contributed by atoms with Crippen LogP contribution < -0.4 is 20.6 Å². The molecule has 27 heavy (non-hydrogen) atoms. The molecule has 0 bridgehead atoms. The Morgan fingerprint density at radius 3 is 2.56 bits per heavy atom. The quantitative estimate of drug-likeness (QED) is 0.685. The fourth-order valence-corrected chi connectivity index (χ4v) is 2.89. The zero-order chi connectivity index (χ0) is 19.8. The topological polar surface area (TPSA) is 129 Å². The van der Waals surface area contributed by atoms with Gasteiger partial charge in [-0.25, -0.2) is 12.8 Å². The van der Waals surface area contributed by atoms with E-state index in [0.29, 0.717) is 0 Å².